The Balaban J connectivity index is 3.07. The number of rotatable bonds is 5. The Morgan fingerprint density at radius 2 is 2.32 bits per heavy atom. The number of pyridine rings is 1. The van der Waals surface area contributed by atoms with Crippen molar-refractivity contribution in [3.05, 3.63) is 22.3 Å². The number of carboxylic acids is 1. The third-order valence-corrected chi connectivity index (χ3v) is 3.35. The predicted molar refractivity (Wildman–Crippen MR) is 73.2 cm³/mol. The van der Waals surface area contributed by atoms with E-state index in [9.17, 15) is 9.90 Å². The predicted octanol–water partition coefficient (Wildman–Crippen LogP) is 2.83. The van der Waals surface area contributed by atoms with Crippen molar-refractivity contribution in [2.24, 2.45) is 5.92 Å². The van der Waals surface area contributed by atoms with E-state index >= 15 is 0 Å². The van der Waals surface area contributed by atoms with E-state index in [-0.39, 0.29) is 10.9 Å². The van der Waals surface area contributed by atoms with Gasteiger partial charge < -0.3 is 10.4 Å². The van der Waals surface area contributed by atoms with Crippen LogP contribution in [0.4, 0.5) is 5.82 Å². The van der Waals surface area contributed by atoms with Gasteiger partial charge in [-0.15, -0.1) is 0 Å². The number of aryl methyl sites for hydroxylation is 1. The topological polar surface area (TPSA) is 86.0 Å². The second-order valence-electron chi connectivity index (χ2n) is 4.41. The fourth-order valence-corrected chi connectivity index (χ4v) is 1.83. The van der Waals surface area contributed by atoms with E-state index in [1.165, 1.54) is 6.07 Å². The molecule has 0 radical (unpaired) electrons. The van der Waals surface area contributed by atoms with E-state index in [4.69, 9.17) is 16.9 Å². The highest BCUT2D eigenvalue weighted by Crippen LogP contribution is 2.24. The standard InChI is InChI=1S/C13H16ClN3O2/c1-4-7(2)11(13(18)19)17-12-10(14)5-9(6-15)8(3)16-12/h5,7,11H,4H2,1-3H3,(H,16,17)(H,18,19)/t7-,11-/m0/s1. The lowest BCUT2D eigenvalue weighted by Crippen LogP contribution is -2.35. The molecule has 102 valence electrons. The van der Waals surface area contributed by atoms with Crippen LogP contribution in [-0.2, 0) is 4.79 Å². The SMILES string of the molecule is CC[C@H](C)[C@H](Nc1nc(C)c(C#N)cc1Cl)C(=O)O. The number of carbonyl (C=O) groups is 1. The molecule has 5 nitrogen and oxygen atoms in total. The summed E-state index contributed by atoms with van der Waals surface area (Å²) in [6.07, 6.45) is 0.719. The third kappa shape index (κ3) is 3.58. The third-order valence-electron chi connectivity index (χ3n) is 3.06. The number of aromatic nitrogens is 1. The normalized spacial score (nSPS) is 13.4. The van der Waals surface area contributed by atoms with Crippen LogP contribution in [0, 0.1) is 24.2 Å². The van der Waals surface area contributed by atoms with Crippen LogP contribution in [0.5, 0.6) is 0 Å². The van der Waals surface area contributed by atoms with Gasteiger partial charge in [0.1, 0.15) is 17.9 Å². The second-order valence-corrected chi connectivity index (χ2v) is 4.82. The van der Waals surface area contributed by atoms with Crippen molar-refractivity contribution in [3.63, 3.8) is 0 Å². The maximum absolute atomic E-state index is 11.2. The summed E-state index contributed by atoms with van der Waals surface area (Å²) in [5.41, 5.74) is 0.897. The van der Waals surface area contributed by atoms with Crippen LogP contribution in [0.1, 0.15) is 31.5 Å². The molecule has 0 saturated carbocycles. The molecule has 1 aromatic heterocycles. The lowest BCUT2D eigenvalue weighted by molar-refractivity contribution is -0.139. The first-order valence-corrected chi connectivity index (χ1v) is 6.35. The van der Waals surface area contributed by atoms with Gasteiger partial charge in [-0.1, -0.05) is 31.9 Å². The first kappa shape index (κ1) is 15.3. The van der Waals surface area contributed by atoms with Crippen LogP contribution in [0.25, 0.3) is 0 Å². The monoisotopic (exact) mass is 281 g/mol. The summed E-state index contributed by atoms with van der Waals surface area (Å²) < 4.78 is 0. The summed E-state index contributed by atoms with van der Waals surface area (Å²) >= 11 is 6.01. The van der Waals surface area contributed by atoms with Crippen LogP contribution in [0.3, 0.4) is 0 Å². The van der Waals surface area contributed by atoms with Gasteiger partial charge in [-0.05, 0) is 18.9 Å². The van der Waals surface area contributed by atoms with E-state index in [1.807, 2.05) is 19.9 Å². The molecule has 0 spiro atoms. The van der Waals surface area contributed by atoms with Crippen molar-refractivity contribution in [3.8, 4) is 6.07 Å². The Hall–Kier alpha value is -1.80. The van der Waals surface area contributed by atoms with Crippen molar-refractivity contribution in [2.75, 3.05) is 5.32 Å². The van der Waals surface area contributed by atoms with E-state index in [0.29, 0.717) is 17.1 Å². The molecule has 0 aliphatic carbocycles. The molecule has 1 heterocycles. The lowest BCUT2D eigenvalue weighted by atomic mass is 9.99. The van der Waals surface area contributed by atoms with Gasteiger partial charge in [-0.2, -0.15) is 5.26 Å². The number of nitriles is 1. The number of hydrogen-bond acceptors (Lipinski definition) is 4. The summed E-state index contributed by atoms with van der Waals surface area (Å²) in [4.78, 5) is 15.4. The van der Waals surface area contributed by atoms with Crippen molar-refractivity contribution in [1.29, 1.82) is 5.26 Å². The summed E-state index contributed by atoms with van der Waals surface area (Å²) in [5.74, 6) is -0.716. The summed E-state index contributed by atoms with van der Waals surface area (Å²) in [6, 6.07) is 2.71. The fourth-order valence-electron chi connectivity index (χ4n) is 1.63. The van der Waals surface area contributed by atoms with Crippen molar-refractivity contribution in [2.45, 2.75) is 33.2 Å². The van der Waals surface area contributed by atoms with Crippen molar-refractivity contribution >= 4 is 23.4 Å². The molecule has 0 aliphatic rings. The highest BCUT2D eigenvalue weighted by molar-refractivity contribution is 6.33. The molecule has 0 saturated heterocycles. The largest absolute Gasteiger partial charge is 0.480 e. The van der Waals surface area contributed by atoms with E-state index in [1.54, 1.807) is 6.92 Å². The van der Waals surface area contributed by atoms with Gasteiger partial charge in [0.05, 0.1) is 16.3 Å². The van der Waals surface area contributed by atoms with Gasteiger partial charge in [0, 0.05) is 0 Å². The number of halogens is 1. The molecule has 0 unspecified atom stereocenters. The number of hydrogen-bond donors (Lipinski definition) is 2. The number of nitrogens with one attached hydrogen (secondary N) is 1. The summed E-state index contributed by atoms with van der Waals surface area (Å²) in [5, 5.41) is 21.2. The quantitative estimate of drug-likeness (QED) is 0.867. The molecular weight excluding hydrogens is 266 g/mol. The van der Waals surface area contributed by atoms with Crippen LogP contribution in [0.15, 0.2) is 6.07 Å². The highest BCUT2D eigenvalue weighted by atomic mass is 35.5. The first-order chi connectivity index (χ1) is 8.90. The fraction of sp³-hybridized carbons (Fsp3) is 0.462. The number of nitrogens with zero attached hydrogens (tertiary/aromatic N) is 2. The number of aliphatic carboxylic acids is 1. The molecule has 2 atom stereocenters. The molecule has 0 fully saturated rings. The van der Waals surface area contributed by atoms with Gasteiger partial charge in [-0.3, -0.25) is 0 Å². The van der Waals surface area contributed by atoms with Crippen LogP contribution in [0.2, 0.25) is 5.02 Å². The molecule has 2 N–H and O–H groups in total. The van der Waals surface area contributed by atoms with Gasteiger partial charge >= 0.3 is 5.97 Å². The van der Waals surface area contributed by atoms with E-state index in [2.05, 4.69) is 10.3 Å². The van der Waals surface area contributed by atoms with Crippen LogP contribution >= 0.6 is 11.6 Å². The average Bonchev–Trinajstić information content (AvgIpc) is 2.37. The molecule has 6 heteroatoms. The zero-order valence-electron chi connectivity index (χ0n) is 11.1. The van der Waals surface area contributed by atoms with Crippen molar-refractivity contribution in [1.82, 2.24) is 4.98 Å². The Morgan fingerprint density at radius 1 is 1.68 bits per heavy atom. The molecule has 0 aliphatic heterocycles. The minimum absolute atomic E-state index is 0.0636. The van der Waals surface area contributed by atoms with Gasteiger partial charge in [0.25, 0.3) is 0 Å². The zero-order chi connectivity index (χ0) is 14.6. The Bertz CT molecular complexity index is 525. The maximum atomic E-state index is 11.2. The molecule has 0 bridgehead atoms. The number of anilines is 1. The summed E-state index contributed by atoms with van der Waals surface area (Å²) in [6.45, 7) is 5.44. The van der Waals surface area contributed by atoms with Gasteiger partial charge in [0.2, 0.25) is 0 Å². The minimum atomic E-state index is -0.950. The molecule has 0 aromatic carbocycles. The summed E-state index contributed by atoms with van der Waals surface area (Å²) in [7, 11) is 0. The molecule has 0 amide bonds. The van der Waals surface area contributed by atoms with Gasteiger partial charge in [-0.25, -0.2) is 9.78 Å². The highest BCUT2D eigenvalue weighted by Gasteiger charge is 2.24. The van der Waals surface area contributed by atoms with Crippen LogP contribution < -0.4 is 5.32 Å². The lowest BCUT2D eigenvalue weighted by Gasteiger charge is -2.21. The number of carboxylic acid groups (broad SMARTS) is 1. The Labute approximate surface area is 117 Å². The molecular formula is C13H16ClN3O2. The molecule has 19 heavy (non-hydrogen) atoms. The second kappa shape index (κ2) is 6.39. The maximum Gasteiger partial charge on any atom is 0.326 e. The average molecular weight is 282 g/mol. The van der Waals surface area contributed by atoms with Crippen LogP contribution in [-0.4, -0.2) is 22.1 Å². The minimum Gasteiger partial charge on any atom is -0.480 e. The van der Waals surface area contributed by atoms with E-state index < -0.39 is 12.0 Å². The molecule has 1 rings (SSSR count). The zero-order valence-corrected chi connectivity index (χ0v) is 11.8. The smallest absolute Gasteiger partial charge is 0.326 e. The Kier molecular flexibility index (Phi) is 5.13. The Morgan fingerprint density at radius 3 is 2.79 bits per heavy atom. The van der Waals surface area contributed by atoms with Gasteiger partial charge in [0.15, 0.2) is 0 Å². The first-order valence-electron chi connectivity index (χ1n) is 5.97. The van der Waals surface area contributed by atoms with Crippen molar-refractivity contribution < 1.29 is 9.90 Å². The molecule has 1 aromatic rings. The van der Waals surface area contributed by atoms with E-state index in [0.717, 1.165) is 6.42 Å².